The van der Waals surface area contributed by atoms with Crippen LogP contribution in [-0.2, 0) is 0 Å². The van der Waals surface area contributed by atoms with Crippen molar-refractivity contribution in [2.45, 2.75) is 25.9 Å². The first-order valence-electron chi connectivity index (χ1n) is 8.71. The molecule has 3 heterocycles. The van der Waals surface area contributed by atoms with Crippen LogP contribution in [0.2, 0.25) is 5.15 Å². The van der Waals surface area contributed by atoms with Crippen molar-refractivity contribution in [2.24, 2.45) is 0 Å². The summed E-state index contributed by atoms with van der Waals surface area (Å²) in [5.74, 6) is -0.233. The fraction of sp³-hybridized carbons (Fsp3) is 0.368. The number of likely N-dealkylation sites (N-methyl/N-ethyl adjacent to an activating group) is 1. The van der Waals surface area contributed by atoms with Crippen LogP contribution in [-0.4, -0.2) is 51.7 Å². The van der Waals surface area contributed by atoms with Crippen LogP contribution < -0.4 is 4.90 Å². The van der Waals surface area contributed by atoms with Crippen LogP contribution in [0.1, 0.15) is 13.8 Å². The van der Waals surface area contributed by atoms with Gasteiger partial charge in [0.1, 0.15) is 11.0 Å². The Hall–Kier alpha value is -2.18. The van der Waals surface area contributed by atoms with Crippen LogP contribution in [0.5, 0.6) is 0 Å². The summed E-state index contributed by atoms with van der Waals surface area (Å²) in [6.45, 7) is 5.96. The van der Waals surface area contributed by atoms with Crippen LogP contribution in [0, 0.1) is 5.82 Å². The molecule has 2 atom stereocenters. The van der Waals surface area contributed by atoms with Crippen molar-refractivity contribution in [3.63, 3.8) is 0 Å². The zero-order valence-corrected chi connectivity index (χ0v) is 15.8. The van der Waals surface area contributed by atoms with E-state index in [1.54, 1.807) is 28.9 Å². The monoisotopic (exact) mass is 373 g/mol. The third-order valence-electron chi connectivity index (χ3n) is 5.27. The lowest BCUT2D eigenvalue weighted by molar-refractivity contribution is 0.169. The van der Waals surface area contributed by atoms with Crippen molar-refractivity contribution in [3.05, 3.63) is 47.5 Å². The molecular formula is C19H21ClFN5. The summed E-state index contributed by atoms with van der Waals surface area (Å²) in [5.41, 5.74) is 2.76. The fourth-order valence-electron chi connectivity index (χ4n) is 3.57. The average molecular weight is 374 g/mol. The molecule has 1 fully saturated rings. The molecule has 4 rings (SSSR count). The highest BCUT2D eigenvalue weighted by atomic mass is 35.5. The van der Waals surface area contributed by atoms with Gasteiger partial charge in [-0.2, -0.15) is 5.10 Å². The van der Waals surface area contributed by atoms with Crippen molar-refractivity contribution >= 4 is 22.9 Å². The Morgan fingerprint density at radius 2 is 1.85 bits per heavy atom. The minimum absolute atomic E-state index is 0.233. The summed E-state index contributed by atoms with van der Waals surface area (Å²) in [6, 6.07) is 9.54. The molecule has 1 aliphatic rings. The highest BCUT2D eigenvalue weighted by Crippen LogP contribution is 2.29. The van der Waals surface area contributed by atoms with Gasteiger partial charge in [-0.15, -0.1) is 0 Å². The molecule has 0 aliphatic carbocycles. The Kier molecular flexibility index (Phi) is 4.32. The molecule has 7 heteroatoms. The number of hydrogen-bond donors (Lipinski definition) is 0. The molecule has 136 valence electrons. The topological polar surface area (TPSA) is 36.7 Å². The summed E-state index contributed by atoms with van der Waals surface area (Å²) in [5, 5.41) is 4.63. The summed E-state index contributed by atoms with van der Waals surface area (Å²) in [4.78, 5) is 8.76. The molecule has 0 unspecified atom stereocenters. The Morgan fingerprint density at radius 3 is 2.54 bits per heavy atom. The molecule has 0 bridgehead atoms. The molecule has 3 aromatic rings. The molecule has 0 amide bonds. The van der Waals surface area contributed by atoms with Gasteiger partial charge in [-0.3, -0.25) is 4.90 Å². The van der Waals surface area contributed by atoms with E-state index in [0.29, 0.717) is 34.3 Å². The lowest BCUT2D eigenvalue weighted by atomic mass is 10.1. The third kappa shape index (κ3) is 2.93. The molecule has 1 saturated heterocycles. The second-order valence-corrected chi connectivity index (χ2v) is 7.39. The van der Waals surface area contributed by atoms with Crippen molar-refractivity contribution in [1.29, 1.82) is 0 Å². The number of halogens is 2. The van der Waals surface area contributed by atoms with Gasteiger partial charge in [0.25, 0.3) is 0 Å². The summed E-state index contributed by atoms with van der Waals surface area (Å²) < 4.78 is 16.6. The number of benzene rings is 1. The standard InChI is InChI=1S/C19H21ClFN5/c1-12-10-25(11-13(2)24(12)3)16-5-4-14(8-15(16)21)17-9-22-19-7-6-18(20)23-26(17)19/h4-9,12-13H,10-11H2,1-3H3/t12-,13+. The van der Waals surface area contributed by atoms with Crippen molar-refractivity contribution in [2.75, 3.05) is 25.0 Å². The number of hydrogen-bond acceptors (Lipinski definition) is 4. The van der Waals surface area contributed by atoms with E-state index in [4.69, 9.17) is 11.6 Å². The predicted octanol–water partition coefficient (Wildman–Crippen LogP) is 3.72. The first-order chi connectivity index (χ1) is 12.4. The largest absolute Gasteiger partial charge is 0.366 e. The quantitative estimate of drug-likeness (QED) is 0.686. The number of piperazine rings is 1. The third-order valence-corrected chi connectivity index (χ3v) is 5.48. The molecule has 5 nitrogen and oxygen atoms in total. The second kappa shape index (κ2) is 6.52. The number of aromatic nitrogens is 3. The van der Waals surface area contributed by atoms with E-state index in [1.165, 1.54) is 0 Å². The van der Waals surface area contributed by atoms with Gasteiger partial charge < -0.3 is 4.90 Å². The smallest absolute Gasteiger partial charge is 0.154 e. The fourth-order valence-corrected chi connectivity index (χ4v) is 3.71. The molecule has 0 spiro atoms. The zero-order chi connectivity index (χ0) is 18.4. The maximum atomic E-state index is 14.9. The molecule has 1 aliphatic heterocycles. The molecule has 0 saturated carbocycles. The van der Waals surface area contributed by atoms with E-state index >= 15 is 0 Å². The van der Waals surface area contributed by atoms with Gasteiger partial charge in [0.2, 0.25) is 0 Å². The Labute approximate surface area is 157 Å². The summed E-state index contributed by atoms with van der Waals surface area (Å²) in [7, 11) is 2.12. The molecule has 1 aromatic carbocycles. The lowest BCUT2D eigenvalue weighted by Gasteiger charge is -2.43. The second-order valence-electron chi connectivity index (χ2n) is 7.00. The highest BCUT2D eigenvalue weighted by molar-refractivity contribution is 6.29. The van der Waals surface area contributed by atoms with Gasteiger partial charge in [-0.25, -0.2) is 13.9 Å². The van der Waals surface area contributed by atoms with Gasteiger partial charge in [0.15, 0.2) is 5.65 Å². The van der Waals surface area contributed by atoms with E-state index < -0.39 is 0 Å². The minimum atomic E-state index is -0.233. The number of rotatable bonds is 2. The van der Waals surface area contributed by atoms with Gasteiger partial charge in [-0.05, 0) is 45.2 Å². The molecule has 0 radical (unpaired) electrons. The van der Waals surface area contributed by atoms with E-state index in [-0.39, 0.29) is 5.82 Å². The van der Waals surface area contributed by atoms with Crippen LogP contribution >= 0.6 is 11.6 Å². The molecule has 2 aromatic heterocycles. The maximum Gasteiger partial charge on any atom is 0.154 e. The number of fused-ring (bicyclic) bond motifs is 1. The summed E-state index contributed by atoms with van der Waals surface area (Å²) in [6.07, 6.45) is 1.69. The van der Waals surface area contributed by atoms with E-state index in [2.05, 4.69) is 40.8 Å². The summed E-state index contributed by atoms with van der Waals surface area (Å²) >= 11 is 5.99. The lowest BCUT2D eigenvalue weighted by Crippen LogP contribution is -2.55. The Morgan fingerprint density at radius 1 is 1.12 bits per heavy atom. The van der Waals surface area contributed by atoms with Crippen LogP contribution in [0.25, 0.3) is 16.9 Å². The first kappa shape index (κ1) is 17.2. The predicted molar refractivity (Wildman–Crippen MR) is 102 cm³/mol. The SMILES string of the molecule is C[C@@H]1CN(c2ccc(-c3cnc4ccc(Cl)nn34)cc2F)C[C@H](C)N1C. The normalized spacial score (nSPS) is 21.5. The molecule has 0 N–H and O–H groups in total. The minimum Gasteiger partial charge on any atom is -0.366 e. The van der Waals surface area contributed by atoms with Gasteiger partial charge in [-0.1, -0.05) is 17.7 Å². The van der Waals surface area contributed by atoms with Gasteiger partial charge in [0, 0.05) is 30.7 Å². The van der Waals surface area contributed by atoms with Crippen LogP contribution in [0.15, 0.2) is 36.5 Å². The van der Waals surface area contributed by atoms with E-state index in [1.807, 2.05) is 12.1 Å². The van der Waals surface area contributed by atoms with E-state index in [0.717, 1.165) is 18.7 Å². The van der Waals surface area contributed by atoms with Crippen LogP contribution in [0.3, 0.4) is 0 Å². The zero-order valence-electron chi connectivity index (χ0n) is 15.0. The van der Waals surface area contributed by atoms with Crippen molar-refractivity contribution < 1.29 is 4.39 Å². The first-order valence-corrected chi connectivity index (χ1v) is 9.09. The number of nitrogens with zero attached hydrogens (tertiary/aromatic N) is 5. The highest BCUT2D eigenvalue weighted by Gasteiger charge is 2.28. The van der Waals surface area contributed by atoms with Gasteiger partial charge in [0.05, 0.1) is 17.6 Å². The number of imidazole rings is 1. The van der Waals surface area contributed by atoms with Crippen molar-refractivity contribution in [1.82, 2.24) is 19.5 Å². The Balaban J connectivity index is 1.69. The molecular weight excluding hydrogens is 353 g/mol. The van der Waals surface area contributed by atoms with Crippen LogP contribution in [0.4, 0.5) is 10.1 Å². The molecule has 26 heavy (non-hydrogen) atoms. The van der Waals surface area contributed by atoms with E-state index in [9.17, 15) is 4.39 Å². The Bertz CT molecular complexity index is 944. The van der Waals surface area contributed by atoms with Gasteiger partial charge >= 0.3 is 0 Å². The average Bonchev–Trinajstić information content (AvgIpc) is 3.02. The van der Waals surface area contributed by atoms with Crippen molar-refractivity contribution in [3.8, 4) is 11.3 Å². The maximum absolute atomic E-state index is 14.9. The number of anilines is 1.